The average molecular weight is 407 g/mol. The van der Waals surface area contributed by atoms with Crippen LogP contribution in [0.2, 0.25) is 0 Å². The lowest BCUT2D eigenvalue weighted by Gasteiger charge is -2.12. The molecule has 2 amide bonds. The second-order valence-corrected chi connectivity index (χ2v) is 5.34. The molecule has 0 heterocycles. The van der Waals surface area contributed by atoms with E-state index in [4.69, 9.17) is 4.74 Å². The van der Waals surface area contributed by atoms with Crippen molar-refractivity contribution in [1.82, 2.24) is 10.9 Å². The second kappa shape index (κ2) is 9.78. The molecule has 0 saturated heterocycles. The number of halogens is 2. The number of para-hydroxylation sites is 1. The number of carbonyl (C=O) groups is 2. The van der Waals surface area contributed by atoms with Crippen LogP contribution in [-0.2, 0) is 4.79 Å². The van der Waals surface area contributed by atoms with Gasteiger partial charge in [0.15, 0.2) is 11.5 Å². The maximum absolute atomic E-state index is 12.6. The van der Waals surface area contributed by atoms with Crippen LogP contribution in [0.25, 0.3) is 6.08 Å². The summed E-state index contributed by atoms with van der Waals surface area (Å²) in [7, 11) is 1.28. The van der Waals surface area contributed by atoms with E-state index in [1.807, 2.05) is 0 Å². The number of methoxy groups -OCH3 is 1. The lowest BCUT2D eigenvalue weighted by Crippen LogP contribution is -2.40. The monoisotopic (exact) mass is 407 g/mol. The molecule has 2 N–H and O–H groups in total. The number of hydrazine groups is 1. The molecule has 2 aromatic carbocycles. The van der Waals surface area contributed by atoms with Gasteiger partial charge in [0.05, 0.1) is 12.0 Å². The summed E-state index contributed by atoms with van der Waals surface area (Å²) in [6.07, 6.45) is 2.16. The summed E-state index contributed by atoms with van der Waals surface area (Å²) in [4.78, 5) is 33.9. The van der Waals surface area contributed by atoms with Crippen molar-refractivity contribution in [1.29, 1.82) is 0 Å². The first-order valence-electron chi connectivity index (χ1n) is 7.96. The van der Waals surface area contributed by atoms with E-state index in [1.165, 1.54) is 49.6 Å². The number of rotatable bonds is 7. The molecule has 0 unspecified atom stereocenters. The molecule has 11 heteroatoms. The molecule has 2 aromatic rings. The molecule has 0 aliphatic rings. The molecule has 0 bridgehead atoms. The summed E-state index contributed by atoms with van der Waals surface area (Å²) < 4.78 is 34.6. The number of hydrogen-bond donors (Lipinski definition) is 2. The molecule has 0 aromatic heterocycles. The zero-order chi connectivity index (χ0) is 21.4. The summed E-state index contributed by atoms with van der Waals surface area (Å²) in [5, 5.41) is 10.7. The number of ether oxygens (including phenoxy) is 2. The Morgan fingerprint density at radius 3 is 2.55 bits per heavy atom. The van der Waals surface area contributed by atoms with Crippen molar-refractivity contribution in [2.24, 2.45) is 0 Å². The van der Waals surface area contributed by atoms with Gasteiger partial charge >= 0.3 is 6.61 Å². The number of nitro groups is 1. The van der Waals surface area contributed by atoms with Crippen molar-refractivity contribution < 1.29 is 32.8 Å². The van der Waals surface area contributed by atoms with Gasteiger partial charge in [-0.05, 0) is 18.2 Å². The fraction of sp³-hybridized carbons (Fsp3) is 0.111. The van der Waals surface area contributed by atoms with Gasteiger partial charge in [-0.3, -0.25) is 30.6 Å². The van der Waals surface area contributed by atoms with E-state index in [2.05, 4.69) is 15.6 Å². The minimum absolute atomic E-state index is 0.0381. The summed E-state index contributed by atoms with van der Waals surface area (Å²) in [6, 6.07) is 9.25. The van der Waals surface area contributed by atoms with Crippen LogP contribution >= 0.6 is 0 Å². The first-order chi connectivity index (χ1) is 13.8. The van der Waals surface area contributed by atoms with Crippen molar-refractivity contribution >= 4 is 23.6 Å². The fourth-order valence-electron chi connectivity index (χ4n) is 2.20. The molecule has 0 aliphatic heterocycles. The summed E-state index contributed by atoms with van der Waals surface area (Å²) in [5.74, 6) is -1.77. The first-order valence-corrected chi connectivity index (χ1v) is 7.96. The average Bonchev–Trinajstić information content (AvgIpc) is 2.70. The van der Waals surface area contributed by atoms with Gasteiger partial charge in [0, 0.05) is 29.3 Å². The summed E-state index contributed by atoms with van der Waals surface area (Å²) in [6.45, 7) is -3.10. The Hall–Kier alpha value is -4.02. The van der Waals surface area contributed by atoms with Crippen LogP contribution in [0, 0.1) is 10.1 Å². The number of nitrogens with one attached hydrogen (secondary N) is 2. The lowest BCUT2D eigenvalue weighted by atomic mass is 10.1. The smallest absolute Gasteiger partial charge is 0.387 e. The molecule has 29 heavy (non-hydrogen) atoms. The van der Waals surface area contributed by atoms with Gasteiger partial charge in [0.2, 0.25) is 0 Å². The van der Waals surface area contributed by atoms with Gasteiger partial charge in [-0.2, -0.15) is 8.78 Å². The Kier molecular flexibility index (Phi) is 7.18. The normalized spacial score (nSPS) is 10.6. The molecule has 0 spiro atoms. The largest absolute Gasteiger partial charge is 0.493 e. The molecule has 0 fully saturated rings. The highest BCUT2D eigenvalue weighted by Gasteiger charge is 2.14. The second-order valence-electron chi connectivity index (χ2n) is 5.34. The number of alkyl halides is 2. The van der Waals surface area contributed by atoms with Crippen molar-refractivity contribution in [2.45, 2.75) is 6.61 Å². The van der Waals surface area contributed by atoms with Crippen molar-refractivity contribution in [3.05, 3.63) is 69.8 Å². The van der Waals surface area contributed by atoms with Crippen LogP contribution in [0.15, 0.2) is 48.5 Å². The summed E-state index contributed by atoms with van der Waals surface area (Å²) >= 11 is 0. The van der Waals surface area contributed by atoms with Crippen LogP contribution in [0.4, 0.5) is 14.5 Å². The van der Waals surface area contributed by atoms with E-state index in [0.29, 0.717) is 0 Å². The number of nitrogens with zero attached hydrogens (tertiary/aromatic N) is 1. The molecule has 0 radical (unpaired) electrons. The molecule has 0 saturated carbocycles. The van der Waals surface area contributed by atoms with Crippen LogP contribution in [0.3, 0.4) is 0 Å². The molecule has 152 valence electrons. The Bertz CT molecular complexity index is 949. The van der Waals surface area contributed by atoms with E-state index in [-0.39, 0.29) is 28.3 Å². The maximum Gasteiger partial charge on any atom is 0.387 e. The molecular formula is C18H15F2N3O6. The lowest BCUT2D eigenvalue weighted by molar-refractivity contribution is -0.384. The summed E-state index contributed by atoms with van der Waals surface area (Å²) in [5.41, 5.74) is 3.98. The highest BCUT2D eigenvalue weighted by molar-refractivity contribution is 5.98. The Morgan fingerprint density at radius 2 is 1.90 bits per heavy atom. The third kappa shape index (κ3) is 5.99. The number of benzene rings is 2. The SMILES string of the molecule is COc1cccc(/C=C/C(=O)NNC(=O)c2cccc([N+](=O)[O-])c2)c1OC(F)F. The zero-order valence-electron chi connectivity index (χ0n) is 14.9. The number of hydrogen-bond acceptors (Lipinski definition) is 6. The van der Waals surface area contributed by atoms with Gasteiger partial charge in [-0.15, -0.1) is 0 Å². The Balaban J connectivity index is 2.04. The molecular weight excluding hydrogens is 392 g/mol. The third-order valence-electron chi connectivity index (χ3n) is 3.47. The predicted molar refractivity (Wildman–Crippen MR) is 97.4 cm³/mol. The number of amides is 2. The quantitative estimate of drug-likeness (QED) is 0.414. The van der Waals surface area contributed by atoms with Gasteiger partial charge in [0.25, 0.3) is 17.5 Å². The van der Waals surface area contributed by atoms with E-state index in [1.54, 1.807) is 0 Å². The number of carbonyl (C=O) groups excluding carboxylic acids is 2. The molecule has 0 aliphatic carbocycles. The van der Waals surface area contributed by atoms with Gasteiger partial charge in [-0.25, -0.2) is 0 Å². The van der Waals surface area contributed by atoms with Crippen molar-refractivity contribution in [3.8, 4) is 11.5 Å². The van der Waals surface area contributed by atoms with Crippen LogP contribution in [0.1, 0.15) is 15.9 Å². The van der Waals surface area contributed by atoms with Crippen LogP contribution in [-0.4, -0.2) is 30.5 Å². The van der Waals surface area contributed by atoms with Gasteiger partial charge < -0.3 is 9.47 Å². The van der Waals surface area contributed by atoms with E-state index in [0.717, 1.165) is 12.1 Å². The molecule has 9 nitrogen and oxygen atoms in total. The maximum atomic E-state index is 12.6. The standard InChI is InChI=1S/C18H15F2N3O6/c1-28-14-7-3-4-11(16(14)29-18(19)20)8-9-15(24)21-22-17(25)12-5-2-6-13(10-12)23(26)27/h2-10,18H,1H3,(H,21,24)(H,22,25)/b9-8+. The van der Waals surface area contributed by atoms with Gasteiger partial charge in [-0.1, -0.05) is 18.2 Å². The van der Waals surface area contributed by atoms with E-state index >= 15 is 0 Å². The van der Waals surface area contributed by atoms with Gasteiger partial charge in [0.1, 0.15) is 0 Å². The molecule has 2 rings (SSSR count). The van der Waals surface area contributed by atoms with E-state index in [9.17, 15) is 28.5 Å². The van der Waals surface area contributed by atoms with Crippen LogP contribution in [0.5, 0.6) is 11.5 Å². The highest BCUT2D eigenvalue weighted by atomic mass is 19.3. The highest BCUT2D eigenvalue weighted by Crippen LogP contribution is 2.33. The zero-order valence-corrected chi connectivity index (χ0v) is 14.9. The van der Waals surface area contributed by atoms with Crippen LogP contribution < -0.4 is 20.3 Å². The third-order valence-corrected chi connectivity index (χ3v) is 3.47. The first kappa shape index (κ1) is 21.3. The minimum atomic E-state index is -3.10. The topological polar surface area (TPSA) is 120 Å². The van der Waals surface area contributed by atoms with E-state index < -0.39 is 23.3 Å². The number of non-ortho nitro benzene ring substituents is 1. The fourth-order valence-corrected chi connectivity index (χ4v) is 2.20. The predicted octanol–water partition coefficient (Wildman–Crippen LogP) is 2.68. The van der Waals surface area contributed by atoms with Crippen molar-refractivity contribution in [2.75, 3.05) is 7.11 Å². The molecule has 0 atom stereocenters. The minimum Gasteiger partial charge on any atom is -0.493 e. The Morgan fingerprint density at radius 1 is 1.17 bits per heavy atom. The van der Waals surface area contributed by atoms with Crippen molar-refractivity contribution in [3.63, 3.8) is 0 Å². The number of nitro benzene ring substituents is 1. The Labute approximate surface area is 163 Å².